The molecular weight excluding hydrogens is 337 g/mol. The average molecular weight is 357 g/mol. The van der Waals surface area contributed by atoms with Crippen LogP contribution in [-0.2, 0) is 6.54 Å². The Morgan fingerprint density at radius 2 is 2.15 bits per heavy atom. The summed E-state index contributed by atoms with van der Waals surface area (Å²) in [7, 11) is 0. The molecule has 0 aliphatic carbocycles. The lowest BCUT2D eigenvalue weighted by molar-refractivity contribution is -0.0581. The van der Waals surface area contributed by atoms with Gasteiger partial charge in [-0.1, -0.05) is 0 Å². The second-order valence-corrected chi connectivity index (χ2v) is 6.92. The molecule has 3 aromatic rings. The summed E-state index contributed by atoms with van der Waals surface area (Å²) in [6, 6.07) is 2.88. The number of rotatable bonds is 3. The summed E-state index contributed by atoms with van der Waals surface area (Å²) in [5.74, 6) is -0.0269. The summed E-state index contributed by atoms with van der Waals surface area (Å²) in [6.45, 7) is 3.58. The lowest BCUT2D eigenvalue weighted by Gasteiger charge is -2.43. The highest BCUT2D eigenvalue weighted by atomic mass is 19.1. The summed E-state index contributed by atoms with van der Waals surface area (Å²) >= 11 is 0. The highest BCUT2D eigenvalue weighted by Gasteiger charge is 2.40. The van der Waals surface area contributed by atoms with Crippen molar-refractivity contribution in [1.82, 2.24) is 29.4 Å². The fraction of sp³-hybridized carbons (Fsp3) is 0.412. The maximum atomic E-state index is 13.0. The summed E-state index contributed by atoms with van der Waals surface area (Å²) in [5, 5.41) is 11.1. The Kier molecular flexibility index (Phi) is 4.04. The molecule has 3 N–H and O–H groups in total. The molecule has 1 saturated heterocycles. The summed E-state index contributed by atoms with van der Waals surface area (Å²) in [6.07, 6.45) is 4.98. The minimum atomic E-state index is -0.994. The third-order valence-electron chi connectivity index (χ3n) is 4.88. The molecule has 2 atom stereocenters. The molecule has 1 aliphatic rings. The smallest absolute Gasteiger partial charge is 0.165 e. The van der Waals surface area contributed by atoms with E-state index in [0.29, 0.717) is 36.5 Å². The van der Waals surface area contributed by atoms with E-state index < -0.39 is 5.60 Å². The molecule has 4 heterocycles. The van der Waals surface area contributed by atoms with Crippen LogP contribution in [0.3, 0.4) is 0 Å². The molecule has 4 rings (SSSR count). The molecule has 136 valence electrons. The van der Waals surface area contributed by atoms with Crippen molar-refractivity contribution >= 4 is 17.0 Å². The third kappa shape index (κ3) is 2.99. The first-order valence-corrected chi connectivity index (χ1v) is 8.42. The van der Waals surface area contributed by atoms with Gasteiger partial charge in [0.05, 0.1) is 29.9 Å². The number of nitrogen functional groups attached to an aromatic ring is 1. The number of hydrogen-bond donors (Lipinski definition) is 2. The van der Waals surface area contributed by atoms with Gasteiger partial charge in [0, 0.05) is 19.6 Å². The number of imidazole rings is 1. The molecule has 1 fully saturated rings. The van der Waals surface area contributed by atoms with Crippen LogP contribution in [0, 0.1) is 5.82 Å². The van der Waals surface area contributed by atoms with Gasteiger partial charge in [-0.15, -0.1) is 0 Å². The maximum Gasteiger partial charge on any atom is 0.165 e. The Hall–Kier alpha value is -2.65. The van der Waals surface area contributed by atoms with Crippen LogP contribution in [0.4, 0.5) is 10.2 Å². The first-order valence-electron chi connectivity index (χ1n) is 8.42. The van der Waals surface area contributed by atoms with E-state index in [2.05, 4.69) is 24.8 Å². The number of halogens is 1. The molecule has 0 unspecified atom stereocenters. The van der Waals surface area contributed by atoms with Crippen LogP contribution in [-0.4, -0.2) is 53.2 Å². The molecule has 0 spiro atoms. The summed E-state index contributed by atoms with van der Waals surface area (Å²) in [4.78, 5) is 18.7. The van der Waals surface area contributed by atoms with E-state index >= 15 is 0 Å². The van der Waals surface area contributed by atoms with Gasteiger partial charge in [0.25, 0.3) is 0 Å². The second kappa shape index (κ2) is 6.26. The van der Waals surface area contributed by atoms with Crippen LogP contribution in [0.15, 0.2) is 31.0 Å². The van der Waals surface area contributed by atoms with Crippen molar-refractivity contribution in [2.45, 2.75) is 31.5 Å². The summed E-state index contributed by atoms with van der Waals surface area (Å²) < 4.78 is 14.9. The van der Waals surface area contributed by atoms with E-state index in [9.17, 15) is 9.50 Å². The van der Waals surface area contributed by atoms with Gasteiger partial charge in [0.15, 0.2) is 11.5 Å². The van der Waals surface area contributed by atoms with Crippen molar-refractivity contribution in [2.75, 3.05) is 18.8 Å². The molecule has 0 bridgehead atoms. The van der Waals surface area contributed by atoms with E-state index in [1.54, 1.807) is 19.3 Å². The topological polar surface area (TPSA) is 106 Å². The fourth-order valence-electron chi connectivity index (χ4n) is 3.65. The van der Waals surface area contributed by atoms with Crippen LogP contribution >= 0.6 is 0 Å². The molecule has 3 aromatic heterocycles. The molecule has 9 heteroatoms. The highest BCUT2D eigenvalue weighted by molar-refractivity contribution is 5.81. The number of hydrogen-bond acceptors (Lipinski definition) is 7. The second-order valence-electron chi connectivity index (χ2n) is 6.92. The van der Waals surface area contributed by atoms with Crippen LogP contribution in [0.25, 0.3) is 11.2 Å². The van der Waals surface area contributed by atoms with Gasteiger partial charge in [0.1, 0.15) is 17.7 Å². The first-order chi connectivity index (χ1) is 12.4. The fourth-order valence-corrected chi connectivity index (χ4v) is 3.65. The lowest BCUT2D eigenvalue weighted by atomic mass is 9.88. The van der Waals surface area contributed by atoms with Gasteiger partial charge >= 0.3 is 0 Å². The van der Waals surface area contributed by atoms with Crippen LogP contribution in [0.5, 0.6) is 0 Å². The molecular formula is C17H20FN7O. The zero-order chi connectivity index (χ0) is 18.3. The SMILES string of the molecule is C[C@@]1(O)CN(Cc2ccc(F)cn2)CC[C@H]1n1cnc2c(N)ncnc21. The van der Waals surface area contributed by atoms with Crippen molar-refractivity contribution < 1.29 is 9.50 Å². The minimum absolute atomic E-state index is 0.181. The van der Waals surface area contributed by atoms with Crippen molar-refractivity contribution in [1.29, 1.82) is 0 Å². The Morgan fingerprint density at radius 3 is 2.88 bits per heavy atom. The number of aromatic nitrogens is 5. The first kappa shape index (κ1) is 16.8. The Labute approximate surface area is 149 Å². The Balaban J connectivity index is 1.55. The Morgan fingerprint density at radius 1 is 1.31 bits per heavy atom. The lowest BCUT2D eigenvalue weighted by Crippen LogP contribution is -2.52. The molecule has 1 aliphatic heterocycles. The predicted molar refractivity (Wildman–Crippen MR) is 93.5 cm³/mol. The average Bonchev–Trinajstić information content (AvgIpc) is 3.01. The Bertz CT molecular complexity index is 925. The van der Waals surface area contributed by atoms with Gasteiger partial charge in [-0.2, -0.15) is 0 Å². The number of fused-ring (bicyclic) bond motifs is 1. The van der Waals surface area contributed by atoms with Gasteiger partial charge in [-0.05, 0) is 25.5 Å². The van der Waals surface area contributed by atoms with Crippen molar-refractivity contribution in [3.05, 3.63) is 42.5 Å². The van der Waals surface area contributed by atoms with Crippen LogP contribution < -0.4 is 5.73 Å². The standard InChI is InChI=1S/C17H20FN7O/c1-17(26)8-24(7-12-3-2-11(18)6-20-12)5-4-13(17)25-10-23-14-15(19)21-9-22-16(14)25/h2-3,6,9-10,13,26H,4-5,7-8H2,1H3,(H2,19,21,22)/t13-,17-/m1/s1. The normalized spacial score (nSPS) is 24.2. The number of anilines is 1. The van der Waals surface area contributed by atoms with Crippen molar-refractivity contribution in [3.8, 4) is 0 Å². The number of nitrogens with two attached hydrogens (primary N) is 1. The van der Waals surface area contributed by atoms with Crippen molar-refractivity contribution in [3.63, 3.8) is 0 Å². The number of likely N-dealkylation sites (tertiary alicyclic amines) is 1. The van der Waals surface area contributed by atoms with Gasteiger partial charge in [-0.25, -0.2) is 19.3 Å². The molecule has 8 nitrogen and oxygen atoms in total. The van der Waals surface area contributed by atoms with Crippen molar-refractivity contribution in [2.24, 2.45) is 0 Å². The van der Waals surface area contributed by atoms with E-state index in [-0.39, 0.29) is 11.9 Å². The molecule has 0 saturated carbocycles. The zero-order valence-corrected chi connectivity index (χ0v) is 14.4. The molecule has 0 amide bonds. The quantitative estimate of drug-likeness (QED) is 0.724. The number of aliphatic hydroxyl groups is 1. The monoisotopic (exact) mass is 357 g/mol. The largest absolute Gasteiger partial charge is 0.387 e. The highest BCUT2D eigenvalue weighted by Crippen LogP contribution is 2.34. The van der Waals surface area contributed by atoms with Gasteiger partial charge < -0.3 is 15.4 Å². The minimum Gasteiger partial charge on any atom is -0.387 e. The summed E-state index contributed by atoms with van der Waals surface area (Å²) in [5.41, 5.74) is 6.80. The third-order valence-corrected chi connectivity index (χ3v) is 4.88. The maximum absolute atomic E-state index is 13.0. The molecule has 26 heavy (non-hydrogen) atoms. The number of pyridine rings is 1. The van der Waals surface area contributed by atoms with E-state index in [4.69, 9.17) is 5.73 Å². The zero-order valence-electron chi connectivity index (χ0n) is 14.4. The molecule has 0 radical (unpaired) electrons. The van der Waals surface area contributed by atoms with Gasteiger partial charge in [0.2, 0.25) is 0 Å². The molecule has 0 aromatic carbocycles. The van der Waals surface area contributed by atoms with E-state index in [1.165, 1.54) is 18.6 Å². The number of nitrogens with zero attached hydrogens (tertiary/aromatic N) is 6. The van der Waals surface area contributed by atoms with E-state index in [0.717, 1.165) is 12.2 Å². The van der Waals surface area contributed by atoms with Gasteiger partial charge in [-0.3, -0.25) is 9.88 Å². The van der Waals surface area contributed by atoms with Crippen LogP contribution in [0.1, 0.15) is 25.1 Å². The van der Waals surface area contributed by atoms with E-state index in [1.807, 2.05) is 4.57 Å². The van der Waals surface area contributed by atoms with Crippen LogP contribution in [0.2, 0.25) is 0 Å². The number of β-amino-alcohol motifs (C(OH)–C–C–N with tert-alkyl or cyclic N) is 1. The predicted octanol–water partition coefficient (Wildman–Crippen LogP) is 1.14. The number of piperidine rings is 1.